The topological polar surface area (TPSA) is 52.9 Å². The van der Waals surface area contributed by atoms with Crippen molar-refractivity contribution in [3.63, 3.8) is 0 Å². The number of benzene rings is 1. The number of amides is 1. The van der Waals surface area contributed by atoms with Crippen LogP contribution in [0, 0.1) is 6.92 Å². The molecule has 1 aromatic rings. The van der Waals surface area contributed by atoms with Crippen LogP contribution in [-0.2, 0) is 0 Å². The molecule has 1 aliphatic heterocycles. The molecule has 0 bridgehead atoms. The van der Waals surface area contributed by atoms with Gasteiger partial charge in [-0.05, 0) is 43.5 Å². The highest BCUT2D eigenvalue weighted by Gasteiger charge is 2.63. The molecule has 1 N–H and O–H groups in total. The van der Waals surface area contributed by atoms with Crippen LogP contribution in [0.25, 0.3) is 0 Å². The molecule has 0 saturated carbocycles. The molecule has 1 atom stereocenters. The second-order valence-corrected chi connectivity index (χ2v) is 6.96. The van der Waals surface area contributed by atoms with Crippen LogP contribution in [-0.4, -0.2) is 33.6 Å². The molecule has 0 fully saturated rings. The molecule has 1 amide bonds. The third-order valence-electron chi connectivity index (χ3n) is 4.41. The summed E-state index contributed by atoms with van der Waals surface area (Å²) in [4.78, 5) is 12.6. The van der Waals surface area contributed by atoms with Crippen LogP contribution in [0.15, 0.2) is 23.3 Å². The number of hydrogen-bond acceptors (Lipinski definition) is 3. The van der Waals surface area contributed by atoms with Gasteiger partial charge in [0.15, 0.2) is 0 Å². The third kappa shape index (κ3) is 4.20. The number of carbonyl (C=O) groups is 1. The number of unbranched alkanes of at least 4 members (excludes halogenated alkanes) is 3. The molecule has 0 aliphatic carbocycles. The molecule has 1 aromatic carbocycles. The third-order valence-corrected chi connectivity index (χ3v) is 4.84. The SMILES string of the molecule is CCCCCCC1=NN(C(=O)c2ccc(Cl)c(C)c2)[C@@](O)(C(F)(F)F)C1. The number of alkyl halides is 3. The van der Waals surface area contributed by atoms with Gasteiger partial charge in [-0.3, -0.25) is 4.79 Å². The summed E-state index contributed by atoms with van der Waals surface area (Å²) >= 11 is 5.90. The van der Waals surface area contributed by atoms with E-state index in [1.807, 2.05) is 6.92 Å². The van der Waals surface area contributed by atoms with E-state index in [4.69, 9.17) is 11.6 Å². The Hall–Kier alpha value is -1.60. The molecule has 0 saturated heterocycles. The minimum atomic E-state index is -5.02. The summed E-state index contributed by atoms with van der Waals surface area (Å²) in [6.45, 7) is 3.67. The van der Waals surface area contributed by atoms with E-state index < -0.39 is 24.2 Å². The summed E-state index contributed by atoms with van der Waals surface area (Å²) in [6, 6.07) is 4.14. The van der Waals surface area contributed by atoms with E-state index in [9.17, 15) is 23.1 Å². The van der Waals surface area contributed by atoms with E-state index in [1.54, 1.807) is 6.92 Å². The first-order valence-electron chi connectivity index (χ1n) is 8.56. The zero-order valence-corrected chi connectivity index (χ0v) is 15.5. The number of hydrogen-bond donors (Lipinski definition) is 1. The zero-order chi connectivity index (χ0) is 19.5. The predicted molar refractivity (Wildman–Crippen MR) is 94.2 cm³/mol. The van der Waals surface area contributed by atoms with Crippen molar-refractivity contribution in [2.45, 2.75) is 64.3 Å². The summed E-state index contributed by atoms with van der Waals surface area (Å²) in [5.41, 5.74) is -2.60. The van der Waals surface area contributed by atoms with Crippen molar-refractivity contribution in [2.75, 3.05) is 0 Å². The lowest BCUT2D eigenvalue weighted by Gasteiger charge is -2.32. The second-order valence-electron chi connectivity index (χ2n) is 6.55. The number of aryl methyl sites for hydroxylation is 1. The van der Waals surface area contributed by atoms with Gasteiger partial charge in [0.05, 0.1) is 0 Å². The number of aliphatic hydroxyl groups is 1. The van der Waals surface area contributed by atoms with Gasteiger partial charge in [-0.2, -0.15) is 23.3 Å². The fourth-order valence-corrected chi connectivity index (χ4v) is 2.96. The summed E-state index contributed by atoms with van der Waals surface area (Å²) < 4.78 is 40.5. The molecule has 0 spiro atoms. The smallest absolute Gasteiger partial charge is 0.362 e. The first-order valence-corrected chi connectivity index (χ1v) is 8.94. The Bertz CT molecular complexity index is 706. The van der Waals surface area contributed by atoms with Gasteiger partial charge in [-0.1, -0.05) is 37.8 Å². The largest absolute Gasteiger partial charge is 0.438 e. The average Bonchev–Trinajstić information content (AvgIpc) is 2.91. The summed E-state index contributed by atoms with van der Waals surface area (Å²) in [7, 11) is 0. The van der Waals surface area contributed by atoms with Crippen LogP contribution >= 0.6 is 11.6 Å². The monoisotopic (exact) mass is 390 g/mol. The van der Waals surface area contributed by atoms with Gasteiger partial charge in [0.2, 0.25) is 0 Å². The van der Waals surface area contributed by atoms with Crippen LogP contribution < -0.4 is 0 Å². The molecule has 0 radical (unpaired) electrons. The van der Waals surface area contributed by atoms with E-state index in [-0.39, 0.29) is 16.3 Å². The zero-order valence-electron chi connectivity index (χ0n) is 14.7. The Labute approximate surface area is 155 Å². The van der Waals surface area contributed by atoms with E-state index >= 15 is 0 Å². The maximum Gasteiger partial charge on any atom is 0.438 e. The quantitative estimate of drug-likeness (QED) is 0.689. The van der Waals surface area contributed by atoms with Crippen LogP contribution in [0.5, 0.6) is 0 Å². The fourth-order valence-electron chi connectivity index (χ4n) is 2.85. The number of nitrogens with zero attached hydrogens (tertiary/aromatic N) is 2. The molecule has 4 nitrogen and oxygen atoms in total. The van der Waals surface area contributed by atoms with Gasteiger partial charge >= 0.3 is 6.18 Å². The van der Waals surface area contributed by atoms with Gasteiger partial charge in [0.1, 0.15) is 0 Å². The van der Waals surface area contributed by atoms with Crippen molar-refractivity contribution in [3.8, 4) is 0 Å². The normalized spacial score (nSPS) is 20.4. The molecule has 0 unspecified atom stereocenters. The lowest BCUT2D eigenvalue weighted by Crippen LogP contribution is -2.56. The van der Waals surface area contributed by atoms with E-state index in [1.165, 1.54) is 18.2 Å². The van der Waals surface area contributed by atoms with E-state index in [0.29, 0.717) is 23.4 Å². The van der Waals surface area contributed by atoms with Gasteiger partial charge in [0, 0.05) is 22.7 Å². The maximum atomic E-state index is 13.5. The highest BCUT2D eigenvalue weighted by molar-refractivity contribution is 6.31. The van der Waals surface area contributed by atoms with Crippen LogP contribution in [0.4, 0.5) is 13.2 Å². The highest BCUT2D eigenvalue weighted by atomic mass is 35.5. The van der Waals surface area contributed by atoms with Crippen LogP contribution in [0.2, 0.25) is 5.02 Å². The Morgan fingerprint density at radius 2 is 2.04 bits per heavy atom. The second kappa shape index (κ2) is 7.96. The Morgan fingerprint density at radius 1 is 1.35 bits per heavy atom. The van der Waals surface area contributed by atoms with Crippen LogP contribution in [0.1, 0.15) is 61.4 Å². The molecular formula is C18H22ClF3N2O2. The fraction of sp³-hybridized carbons (Fsp3) is 0.556. The highest BCUT2D eigenvalue weighted by Crippen LogP contribution is 2.41. The maximum absolute atomic E-state index is 13.5. The van der Waals surface area contributed by atoms with E-state index in [2.05, 4.69) is 5.10 Å². The Balaban J connectivity index is 2.28. The minimum absolute atomic E-state index is 0.00874. The van der Waals surface area contributed by atoms with Crippen molar-refractivity contribution in [3.05, 3.63) is 34.3 Å². The number of hydrazone groups is 1. The number of carbonyl (C=O) groups excluding carboxylic acids is 1. The minimum Gasteiger partial charge on any atom is -0.362 e. The molecule has 1 heterocycles. The van der Waals surface area contributed by atoms with Crippen molar-refractivity contribution in [1.82, 2.24) is 5.01 Å². The standard InChI is InChI=1S/C18H22ClF3N2O2/c1-3-4-5-6-7-14-11-17(26,18(20,21)22)24(23-14)16(25)13-8-9-15(19)12(2)10-13/h8-10,26H,3-7,11H2,1-2H3/t17-/m0/s1. The summed E-state index contributed by atoms with van der Waals surface area (Å²) in [5, 5.41) is 14.7. The molecule has 1 aliphatic rings. The van der Waals surface area contributed by atoms with Gasteiger partial charge in [-0.25, -0.2) is 0 Å². The molecule has 8 heteroatoms. The molecule has 2 rings (SSSR count). The summed E-state index contributed by atoms with van der Waals surface area (Å²) in [5.74, 6) is -1.01. The lowest BCUT2D eigenvalue weighted by atomic mass is 10.0. The van der Waals surface area contributed by atoms with Gasteiger partial charge in [-0.15, -0.1) is 0 Å². The number of rotatable bonds is 6. The average molecular weight is 391 g/mol. The Morgan fingerprint density at radius 3 is 2.62 bits per heavy atom. The first kappa shape index (κ1) is 20.7. The van der Waals surface area contributed by atoms with Crippen molar-refractivity contribution in [1.29, 1.82) is 0 Å². The predicted octanol–water partition coefficient (Wildman–Crippen LogP) is 5.07. The number of halogens is 4. The van der Waals surface area contributed by atoms with Crippen molar-refractivity contribution < 1.29 is 23.1 Å². The molecule has 0 aromatic heterocycles. The Kier molecular flexibility index (Phi) is 6.34. The first-order chi connectivity index (χ1) is 12.1. The lowest BCUT2D eigenvalue weighted by molar-refractivity contribution is -0.297. The molecular weight excluding hydrogens is 369 g/mol. The van der Waals surface area contributed by atoms with Crippen molar-refractivity contribution in [2.24, 2.45) is 5.10 Å². The van der Waals surface area contributed by atoms with Crippen LogP contribution in [0.3, 0.4) is 0 Å². The van der Waals surface area contributed by atoms with Gasteiger partial charge in [0.25, 0.3) is 11.6 Å². The van der Waals surface area contributed by atoms with Crippen molar-refractivity contribution >= 4 is 23.2 Å². The summed E-state index contributed by atoms with van der Waals surface area (Å²) in [6.07, 6.45) is -1.91. The molecule has 144 valence electrons. The van der Waals surface area contributed by atoms with E-state index in [0.717, 1.165) is 19.3 Å². The molecule has 26 heavy (non-hydrogen) atoms. The van der Waals surface area contributed by atoms with Gasteiger partial charge < -0.3 is 5.11 Å².